The largest absolute Gasteiger partial charge is 0.496 e. The Morgan fingerprint density at radius 3 is 2.60 bits per heavy atom. The molecule has 2 rings (SSSR count). The van der Waals surface area contributed by atoms with Gasteiger partial charge in [-0.05, 0) is 50.2 Å². The molecule has 1 aliphatic rings. The summed E-state index contributed by atoms with van der Waals surface area (Å²) in [5.74, 6) is 1.43. The predicted molar refractivity (Wildman–Crippen MR) is 80.0 cm³/mol. The van der Waals surface area contributed by atoms with Crippen LogP contribution in [-0.4, -0.2) is 29.0 Å². The van der Waals surface area contributed by atoms with Crippen molar-refractivity contribution >= 4 is 0 Å². The van der Waals surface area contributed by atoms with E-state index in [1.807, 2.05) is 25.1 Å². The van der Waals surface area contributed by atoms with E-state index < -0.39 is 11.7 Å². The van der Waals surface area contributed by atoms with Crippen LogP contribution in [-0.2, 0) is 6.42 Å². The summed E-state index contributed by atoms with van der Waals surface area (Å²) in [5, 5.41) is 21.1. The van der Waals surface area contributed by atoms with Gasteiger partial charge in [-0.25, -0.2) is 0 Å². The number of ether oxygens (including phenoxy) is 1. The number of hydrogen-bond donors (Lipinski definition) is 2. The molecular formula is C17H26O3. The number of aliphatic hydroxyl groups is 2. The number of hydrogen-bond acceptors (Lipinski definition) is 3. The third kappa shape index (κ3) is 3.33. The first kappa shape index (κ1) is 15.3. The van der Waals surface area contributed by atoms with E-state index in [1.165, 1.54) is 0 Å². The van der Waals surface area contributed by atoms with Crippen LogP contribution in [0.25, 0.3) is 0 Å². The van der Waals surface area contributed by atoms with Gasteiger partial charge in [0.15, 0.2) is 0 Å². The number of aryl methyl sites for hydroxylation is 1. The third-order valence-electron chi connectivity index (χ3n) is 4.61. The van der Waals surface area contributed by atoms with Gasteiger partial charge in [0, 0.05) is 6.42 Å². The Kier molecular flexibility index (Phi) is 4.71. The average Bonchev–Trinajstić information content (AvgIpc) is 2.42. The highest BCUT2D eigenvalue weighted by atomic mass is 16.5. The smallest absolute Gasteiger partial charge is 0.122 e. The minimum absolute atomic E-state index is 0.440. The van der Waals surface area contributed by atoms with Crippen molar-refractivity contribution in [1.82, 2.24) is 0 Å². The summed E-state index contributed by atoms with van der Waals surface area (Å²) >= 11 is 0. The van der Waals surface area contributed by atoms with Crippen LogP contribution in [0.4, 0.5) is 0 Å². The van der Waals surface area contributed by atoms with Crippen molar-refractivity contribution in [2.75, 3.05) is 7.11 Å². The standard InChI is InChI=1S/C17H26O3/c1-12-6-8-17(19,9-7-12)16(18)11-14-10-13(2)4-5-15(14)20-3/h4-5,10,12,16,18-19H,6-9,11H2,1-3H3. The maximum absolute atomic E-state index is 10.7. The number of benzene rings is 1. The molecule has 0 spiro atoms. The van der Waals surface area contributed by atoms with Crippen LogP contribution in [0.5, 0.6) is 5.75 Å². The molecule has 1 atom stereocenters. The molecule has 0 radical (unpaired) electrons. The van der Waals surface area contributed by atoms with Crippen molar-refractivity contribution in [2.45, 2.75) is 57.7 Å². The van der Waals surface area contributed by atoms with Gasteiger partial charge in [-0.2, -0.15) is 0 Å². The molecule has 3 nitrogen and oxygen atoms in total. The molecular weight excluding hydrogens is 252 g/mol. The maximum atomic E-state index is 10.7. The van der Waals surface area contributed by atoms with Crippen LogP contribution < -0.4 is 4.74 Å². The van der Waals surface area contributed by atoms with Crippen molar-refractivity contribution in [3.8, 4) is 5.75 Å². The van der Waals surface area contributed by atoms with Gasteiger partial charge < -0.3 is 14.9 Å². The quantitative estimate of drug-likeness (QED) is 0.890. The van der Waals surface area contributed by atoms with Crippen LogP contribution in [0.3, 0.4) is 0 Å². The van der Waals surface area contributed by atoms with Crippen molar-refractivity contribution in [3.05, 3.63) is 29.3 Å². The molecule has 3 heteroatoms. The SMILES string of the molecule is COc1ccc(C)cc1CC(O)C1(O)CCC(C)CC1. The maximum Gasteiger partial charge on any atom is 0.122 e. The van der Waals surface area contributed by atoms with Crippen molar-refractivity contribution in [1.29, 1.82) is 0 Å². The summed E-state index contributed by atoms with van der Waals surface area (Å²) in [5.41, 5.74) is 1.16. The molecule has 2 N–H and O–H groups in total. The first-order valence-corrected chi connectivity index (χ1v) is 7.48. The van der Waals surface area contributed by atoms with Gasteiger partial charge in [-0.1, -0.05) is 24.6 Å². The van der Waals surface area contributed by atoms with E-state index in [1.54, 1.807) is 7.11 Å². The molecule has 1 aromatic carbocycles. The van der Waals surface area contributed by atoms with Gasteiger partial charge in [0.25, 0.3) is 0 Å². The van der Waals surface area contributed by atoms with Crippen molar-refractivity contribution < 1.29 is 14.9 Å². The van der Waals surface area contributed by atoms with E-state index >= 15 is 0 Å². The summed E-state index contributed by atoms with van der Waals surface area (Å²) in [6.07, 6.45) is 3.05. The highest BCUT2D eigenvalue weighted by Crippen LogP contribution is 2.36. The second-order valence-corrected chi connectivity index (χ2v) is 6.32. The van der Waals surface area contributed by atoms with Crippen LogP contribution in [0.15, 0.2) is 18.2 Å². The van der Waals surface area contributed by atoms with Crippen molar-refractivity contribution in [2.24, 2.45) is 5.92 Å². The number of aliphatic hydroxyl groups excluding tert-OH is 1. The molecule has 112 valence electrons. The van der Waals surface area contributed by atoms with Crippen LogP contribution in [0, 0.1) is 12.8 Å². The number of methoxy groups -OCH3 is 1. The fourth-order valence-corrected chi connectivity index (χ4v) is 3.06. The Morgan fingerprint density at radius 2 is 2.00 bits per heavy atom. The number of rotatable bonds is 4. The second-order valence-electron chi connectivity index (χ2n) is 6.32. The molecule has 0 amide bonds. The van der Waals surface area contributed by atoms with E-state index in [2.05, 4.69) is 6.92 Å². The highest BCUT2D eigenvalue weighted by molar-refractivity contribution is 5.37. The topological polar surface area (TPSA) is 49.7 Å². The molecule has 0 aromatic heterocycles. The first-order chi connectivity index (χ1) is 9.44. The van der Waals surface area contributed by atoms with E-state index in [0.29, 0.717) is 25.2 Å². The van der Waals surface area contributed by atoms with Gasteiger partial charge in [0.1, 0.15) is 5.75 Å². The highest BCUT2D eigenvalue weighted by Gasteiger charge is 2.38. The lowest BCUT2D eigenvalue weighted by atomic mass is 9.75. The van der Waals surface area contributed by atoms with E-state index in [9.17, 15) is 10.2 Å². The van der Waals surface area contributed by atoms with Crippen molar-refractivity contribution in [3.63, 3.8) is 0 Å². The molecule has 0 aliphatic heterocycles. The molecule has 1 aliphatic carbocycles. The molecule has 1 aromatic rings. The molecule has 1 fully saturated rings. The Morgan fingerprint density at radius 1 is 1.35 bits per heavy atom. The zero-order valence-electron chi connectivity index (χ0n) is 12.7. The summed E-state index contributed by atoms with van der Waals surface area (Å²) in [7, 11) is 1.64. The van der Waals surface area contributed by atoms with E-state index in [4.69, 9.17) is 4.74 Å². The predicted octanol–water partition coefficient (Wildman–Crippen LogP) is 2.85. The van der Waals surface area contributed by atoms with Gasteiger partial charge in [-0.15, -0.1) is 0 Å². The molecule has 1 saturated carbocycles. The molecule has 0 saturated heterocycles. The zero-order valence-corrected chi connectivity index (χ0v) is 12.7. The minimum atomic E-state index is -0.943. The molecule has 0 bridgehead atoms. The lowest BCUT2D eigenvalue weighted by Crippen LogP contribution is -2.46. The minimum Gasteiger partial charge on any atom is -0.496 e. The second kappa shape index (κ2) is 6.15. The summed E-state index contributed by atoms with van der Waals surface area (Å²) < 4.78 is 5.35. The fourth-order valence-electron chi connectivity index (χ4n) is 3.06. The Hall–Kier alpha value is -1.06. The van der Waals surface area contributed by atoms with Crippen LogP contribution >= 0.6 is 0 Å². The van der Waals surface area contributed by atoms with Gasteiger partial charge in [0.2, 0.25) is 0 Å². The Labute approximate surface area is 121 Å². The van der Waals surface area contributed by atoms with Gasteiger partial charge in [-0.3, -0.25) is 0 Å². The molecule has 0 heterocycles. The normalized spacial score (nSPS) is 28.1. The third-order valence-corrected chi connectivity index (χ3v) is 4.61. The lowest BCUT2D eigenvalue weighted by Gasteiger charge is -2.38. The molecule has 1 unspecified atom stereocenters. The lowest BCUT2D eigenvalue weighted by molar-refractivity contribution is -0.102. The first-order valence-electron chi connectivity index (χ1n) is 7.48. The summed E-state index contributed by atoms with van der Waals surface area (Å²) in [6, 6.07) is 5.94. The Bertz CT molecular complexity index is 448. The van der Waals surface area contributed by atoms with Crippen LogP contribution in [0.2, 0.25) is 0 Å². The monoisotopic (exact) mass is 278 g/mol. The van der Waals surface area contributed by atoms with E-state index in [0.717, 1.165) is 29.7 Å². The zero-order chi connectivity index (χ0) is 14.8. The summed E-state index contributed by atoms with van der Waals surface area (Å²) in [4.78, 5) is 0. The molecule has 20 heavy (non-hydrogen) atoms. The Balaban J connectivity index is 2.11. The average molecular weight is 278 g/mol. The summed E-state index contributed by atoms with van der Waals surface area (Å²) in [6.45, 7) is 4.22. The van der Waals surface area contributed by atoms with Gasteiger partial charge >= 0.3 is 0 Å². The van der Waals surface area contributed by atoms with E-state index in [-0.39, 0.29) is 0 Å². The van der Waals surface area contributed by atoms with Gasteiger partial charge in [0.05, 0.1) is 18.8 Å². The fraction of sp³-hybridized carbons (Fsp3) is 0.647. The van der Waals surface area contributed by atoms with Crippen LogP contribution in [0.1, 0.15) is 43.7 Å².